The third-order valence-corrected chi connectivity index (χ3v) is 7.78. The first-order valence-electron chi connectivity index (χ1n) is 12.4. The molecule has 0 spiro atoms. The highest BCUT2D eigenvalue weighted by atomic mass is 32.1. The number of nitrogens with zero attached hydrogens (tertiary/aromatic N) is 9. The summed E-state index contributed by atoms with van der Waals surface area (Å²) in [6.07, 6.45) is -3.01. The number of aryl methyl sites for hydroxylation is 2. The minimum atomic E-state index is -4.34. The molecule has 40 heavy (non-hydrogen) atoms. The van der Waals surface area contributed by atoms with Gasteiger partial charge < -0.3 is 4.90 Å². The van der Waals surface area contributed by atoms with Gasteiger partial charge in [-0.05, 0) is 86.3 Å². The maximum absolute atomic E-state index is 12.5. The quantitative estimate of drug-likeness (QED) is 0.193. The Balaban J connectivity index is 1.20. The molecule has 0 amide bonds. The van der Waals surface area contributed by atoms with E-state index in [0.717, 1.165) is 46.2 Å². The lowest BCUT2D eigenvalue weighted by Crippen LogP contribution is -2.15. The molecule has 0 atom stereocenters. The van der Waals surface area contributed by atoms with Crippen molar-refractivity contribution in [1.29, 1.82) is 0 Å². The lowest BCUT2D eigenvalue weighted by Gasteiger charge is -2.13. The zero-order valence-electron chi connectivity index (χ0n) is 21.6. The number of alkyl halides is 3. The molecule has 4 aromatic rings. The molecule has 0 bridgehead atoms. The Morgan fingerprint density at radius 1 is 0.750 bits per heavy atom. The van der Waals surface area contributed by atoms with E-state index in [2.05, 4.69) is 51.8 Å². The first kappa shape index (κ1) is 27.6. The number of azo groups is 3. The van der Waals surface area contributed by atoms with Gasteiger partial charge in [0.15, 0.2) is 0 Å². The van der Waals surface area contributed by atoms with Gasteiger partial charge in [-0.1, -0.05) is 22.7 Å². The van der Waals surface area contributed by atoms with Crippen LogP contribution in [0.15, 0.2) is 79.2 Å². The Bertz CT molecular complexity index is 1570. The van der Waals surface area contributed by atoms with Gasteiger partial charge in [0.1, 0.15) is 10.0 Å². The van der Waals surface area contributed by atoms with Crippen LogP contribution in [0.25, 0.3) is 0 Å². The molecule has 1 aliphatic rings. The van der Waals surface area contributed by atoms with Gasteiger partial charge in [0.2, 0.25) is 0 Å². The molecule has 2 aromatic carbocycles. The maximum atomic E-state index is 12.5. The van der Waals surface area contributed by atoms with Gasteiger partial charge in [0, 0.05) is 13.1 Å². The Morgan fingerprint density at radius 3 is 2.00 bits per heavy atom. The molecule has 1 fully saturated rings. The maximum Gasteiger partial charge on any atom is 0.395 e. The largest absolute Gasteiger partial charge is 0.395 e. The molecule has 0 aliphatic carbocycles. The van der Waals surface area contributed by atoms with E-state index < -0.39 is 12.6 Å². The van der Waals surface area contributed by atoms with Gasteiger partial charge in [-0.2, -0.15) is 23.4 Å². The number of halogens is 3. The van der Waals surface area contributed by atoms with Crippen LogP contribution < -0.4 is 4.90 Å². The number of hydrogen-bond acceptors (Lipinski definition) is 11. The fraction of sp³-hybridized carbons (Fsp3) is 0.308. The van der Waals surface area contributed by atoms with Crippen LogP contribution in [0.2, 0.25) is 0 Å². The predicted molar refractivity (Wildman–Crippen MR) is 150 cm³/mol. The first-order chi connectivity index (χ1) is 19.2. The van der Waals surface area contributed by atoms with Crippen LogP contribution in [-0.2, 0) is 6.42 Å². The number of thiophene rings is 1. The van der Waals surface area contributed by atoms with Crippen LogP contribution in [0.5, 0.6) is 0 Å². The van der Waals surface area contributed by atoms with Crippen molar-refractivity contribution in [1.82, 2.24) is 10.2 Å². The molecule has 0 N–H and O–H groups in total. The molecular weight excluding hydrogens is 559 g/mol. The smallest absolute Gasteiger partial charge is 0.363 e. The molecule has 1 saturated heterocycles. The second-order valence-corrected chi connectivity index (χ2v) is 11.2. The number of benzene rings is 2. The average Bonchev–Trinajstić information content (AvgIpc) is 3.68. The second-order valence-electron chi connectivity index (χ2n) is 9.12. The molecule has 3 heterocycles. The summed E-state index contributed by atoms with van der Waals surface area (Å²) in [5.74, 6) is 0. The summed E-state index contributed by atoms with van der Waals surface area (Å²) in [5, 5.41) is 34.6. The van der Waals surface area contributed by atoms with Crippen LogP contribution in [0, 0.1) is 13.8 Å². The zero-order valence-corrected chi connectivity index (χ0v) is 23.3. The second kappa shape index (κ2) is 12.1. The van der Waals surface area contributed by atoms with Crippen molar-refractivity contribution < 1.29 is 13.2 Å². The summed E-state index contributed by atoms with van der Waals surface area (Å²) in [6, 6.07) is 14.9. The van der Waals surface area contributed by atoms with E-state index in [9.17, 15) is 13.2 Å². The van der Waals surface area contributed by atoms with Gasteiger partial charge in [0.05, 0.1) is 34.2 Å². The fourth-order valence-electron chi connectivity index (χ4n) is 3.95. The average molecular weight is 584 g/mol. The highest BCUT2D eigenvalue weighted by Crippen LogP contribution is 2.36. The zero-order chi connectivity index (χ0) is 28.1. The number of aromatic nitrogens is 2. The lowest BCUT2D eigenvalue weighted by molar-refractivity contribution is -0.127. The summed E-state index contributed by atoms with van der Waals surface area (Å²) in [5.41, 5.74) is 4.28. The third kappa shape index (κ3) is 7.39. The minimum Gasteiger partial charge on any atom is -0.363 e. The summed E-state index contributed by atoms with van der Waals surface area (Å²) >= 11 is 2.40. The van der Waals surface area contributed by atoms with E-state index in [1.54, 1.807) is 29.5 Å². The molecule has 2 aromatic heterocycles. The third-order valence-electron chi connectivity index (χ3n) is 5.94. The van der Waals surface area contributed by atoms with Gasteiger partial charge in [0.25, 0.3) is 5.13 Å². The minimum absolute atomic E-state index is 0.0584. The van der Waals surface area contributed by atoms with Gasteiger partial charge >= 0.3 is 6.18 Å². The van der Waals surface area contributed by atoms with Crippen molar-refractivity contribution in [3.63, 3.8) is 0 Å². The molecular formula is C26H24F3N9S2. The molecule has 0 unspecified atom stereocenters. The summed E-state index contributed by atoms with van der Waals surface area (Å²) in [7, 11) is 0. The molecule has 14 heteroatoms. The summed E-state index contributed by atoms with van der Waals surface area (Å²) < 4.78 is 37.5. The van der Waals surface area contributed by atoms with Crippen molar-refractivity contribution in [2.75, 3.05) is 18.0 Å². The number of rotatable bonds is 8. The van der Waals surface area contributed by atoms with Crippen LogP contribution in [0.1, 0.15) is 29.0 Å². The Morgan fingerprint density at radius 2 is 1.38 bits per heavy atom. The standard InChI is InChI=1S/C26H24F3N9S2/c1-16-14-19(31-34-22-9-10-24(39-22)38-11-3-4-12-38)6-7-20(16)32-30-18-5-8-21(17(2)13-18)33-36-25-37-35-23(40-25)15-26(27,28)29/h5-10,13-14H,3-4,11-12,15H2,1-2H3. The van der Waals surface area contributed by atoms with E-state index in [0.29, 0.717) is 17.1 Å². The van der Waals surface area contributed by atoms with Crippen LogP contribution in [0.4, 0.5) is 51.1 Å². The van der Waals surface area contributed by atoms with E-state index in [1.807, 2.05) is 38.1 Å². The van der Waals surface area contributed by atoms with Crippen LogP contribution in [0.3, 0.4) is 0 Å². The van der Waals surface area contributed by atoms with Crippen molar-refractivity contribution in [3.8, 4) is 0 Å². The molecule has 1 aliphatic heterocycles. The van der Waals surface area contributed by atoms with E-state index in [4.69, 9.17) is 0 Å². The number of anilines is 1. The molecule has 206 valence electrons. The topological polar surface area (TPSA) is 103 Å². The monoisotopic (exact) mass is 583 g/mol. The van der Waals surface area contributed by atoms with Crippen molar-refractivity contribution in [2.45, 2.75) is 39.3 Å². The highest BCUT2D eigenvalue weighted by Gasteiger charge is 2.29. The normalized spacial score (nSPS) is 14.5. The molecule has 0 radical (unpaired) electrons. The molecule has 5 rings (SSSR count). The number of hydrogen-bond donors (Lipinski definition) is 0. The highest BCUT2D eigenvalue weighted by molar-refractivity contribution is 7.19. The SMILES string of the molecule is Cc1cc(N=Nc2ccc(N3CCCC3)s2)ccc1N=Nc1ccc(N=Nc2nnc(CC(F)(F)F)s2)c(C)c1. The fourth-order valence-corrected chi connectivity index (χ4v) is 5.52. The summed E-state index contributed by atoms with van der Waals surface area (Å²) in [6.45, 7) is 5.97. The Hall–Kier alpha value is -3.91. The van der Waals surface area contributed by atoms with E-state index >= 15 is 0 Å². The van der Waals surface area contributed by atoms with E-state index in [-0.39, 0.29) is 10.1 Å². The predicted octanol–water partition coefficient (Wildman–Crippen LogP) is 10.2. The van der Waals surface area contributed by atoms with E-state index in [1.165, 1.54) is 17.8 Å². The van der Waals surface area contributed by atoms with Crippen molar-refractivity contribution in [2.24, 2.45) is 30.7 Å². The molecule has 0 saturated carbocycles. The lowest BCUT2D eigenvalue weighted by atomic mass is 10.2. The van der Waals surface area contributed by atoms with Crippen LogP contribution in [-0.4, -0.2) is 29.5 Å². The van der Waals surface area contributed by atoms with Gasteiger partial charge in [-0.25, -0.2) is 0 Å². The Labute approximate surface area is 236 Å². The van der Waals surface area contributed by atoms with Gasteiger partial charge in [-0.15, -0.1) is 30.7 Å². The van der Waals surface area contributed by atoms with Crippen molar-refractivity contribution >= 4 is 60.6 Å². The first-order valence-corrected chi connectivity index (χ1v) is 14.1. The van der Waals surface area contributed by atoms with Crippen molar-refractivity contribution in [3.05, 3.63) is 64.7 Å². The summed E-state index contributed by atoms with van der Waals surface area (Å²) in [4.78, 5) is 2.38. The van der Waals surface area contributed by atoms with Gasteiger partial charge in [-0.3, -0.25) is 0 Å². The Kier molecular flexibility index (Phi) is 8.35. The van der Waals surface area contributed by atoms with Crippen LogP contribution >= 0.6 is 22.7 Å². The molecule has 9 nitrogen and oxygen atoms in total.